The number of nitrogens with one attached hydrogen (secondary N) is 1. The van der Waals surface area contributed by atoms with Gasteiger partial charge in [-0.2, -0.15) is 0 Å². The molecule has 6 heteroatoms. The van der Waals surface area contributed by atoms with Crippen LogP contribution in [0.2, 0.25) is 5.02 Å². The zero-order valence-corrected chi connectivity index (χ0v) is 15.2. The number of amides is 1. The highest BCUT2D eigenvalue weighted by molar-refractivity contribution is 6.30. The van der Waals surface area contributed by atoms with Gasteiger partial charge in [-0.15, -0.1) is 0 Å². The highest BCUT2D eigenvalue weighted by Gasteiger charge is 2.18. The first-order valence-corrected chi connectivity index (χ1v) is 8.74. The van der Waals surface area contributed by atoms with Crippen LogP contribution in [-0.2, 0) is 9.53 Å². The average molecular weight is 374 g/mol. The van der Waals surface area contributed by atoms with Gasteiger partial charge in [0.1, 0.15) is 0 Å². The summed E-state index contributed by atoms with van der Waals surface area (Å²) < 4.78 is 4.95. The molecule has 2 aromatic carbocycles. The largest absolute Gasteiger partial charge is 0.466 e. The van der Waals surface area contributed by atoms with E-state index in [0.29, 0.717) is 22.8 Å². The maximum absolute atomic E-state index is 12.7. The summed E-state index contributed by atoms with van der Waals surface area (Å²) in [6.45, 7) is 2.42. The molecule has 2 aromatic rings. The Morgan fingerprint density at radius 1 is 1.00 bits per heavy atom. The van der Waals surface area contributed by atoms with Crippen LogP contribution in [0.15, 0.2) is 48.5 Å². The minimum Gasteiger partial charge on any atom is -0.466 e. The molecule has 0 atom stereocenters. The van der Waals surface area contributed by atoms with E-state index in [4.69, 9.17) is 16.3 Å². The number of carbonyl (C=O) groups is 3. The molecule has 0 heterocycles. The average Bonchev–Trinajstić information content (AvgIpc) is 2.66. The molecule has 5 nitrogen and oxygen atoms in total. The van der Waals surface area contributed by atoms with Crippen LogP contribution in [0.4, 0.5) is 0 Å². The third-order valence-electron chi connectivity index (χ3n) is 3.60. The van der Waals surface area contributed by atoms with E-state index in [1.807, 2.05) is 6.92 Å². The lowest BCUT2D eigenvalue weighted by Gasteiger charge is -2.10. The van der Waals surface area contributed by atoms with E-state index in [2.05, 4.69) is 5.32 Å². The van der Waals surface area contributed by atoms with E-state index < -0.39 is 5.91 Å². The maximum atomic E-state index is 12.7. The van der Waals surface area contributed by atoms with Crippen LogP contribution < -0.4 is 5.32 Å². The first kappa shape index (κ1) is 19.7. The summed E-state index contributed by atoms with van der Waals surface area (Å²) in [4.78, 5) is 36.6. The molecule has 0 fully saturated rings. The van der Waals surface area contributed by atoms with Gasteiger partial charge in [-0.1, -0.05) is 36.7 Å². The fraction of sp³-hybridized carbons (Fsp3) is 0.250. The van der Waals surface area contributed by atoms with Crippen molar-refractivity contribution in [1.82, 2.24) is 5.32 Å². The normalized spacial score (nSPS) is 10.2. The fourth-order valence-corrected chi connectivity index (χ4v) is 2.42. The van der Waals surface area contributed by atoms with Gasteiger partial charge in [0.25, 0.3) is 5.91 Å². The van der Waals surface area contributed by atoms with Crippen LogP contribution in [0.25, 0.3) is 0 Å². The van der Waals surface area contributed by atoms with Gasteiger partial charge in [-0.3, -0.25) is 14.4 Å². The molecular weight excluding hydrogens is 354 g/mol. The highest BCUT2D eigenvalue weighted by atomic mass is 35.5. The van der Waals surface area contributed by atoms with Gasteiger partial charge in [0.05, 0.1) is 18.6 Å². The van der Waals surface area contributed by atoms with Crippen LogP contribution in [0.3, 0.4) is 0 Å². The molecule has 1 amide bonds. The molecule has 0 aliphatic rings. The van der Waals surface area contributed by atoms with Crippen molar-refractivity contribution in [3.8, 4) is 0 Å². The van der Waals surface area contributed by atoms with Gasteiger partial charge in [0.15, 0.2) is 5.78 Å². The molecule has 26 heavy (non-hydrogen) atoms. The lowest BCUT2D eigenvalue weighted by molar-refractivity contribution is -0.143. The number of halogens is 1. The third kappa shape index (κ3) is 5.43. The second kappa shape index (κ2) is 9.73. The van der Waals surface area contributed by atoms with Crippen LogP contribution in [0, 0.1) is 0 Å². The second-order valence-electron chi connectivity index (χ2n) is 5.61. The van der Waals surface area contributed by atoms with Gasteiger partial charge in [0, 0.05) is 22.7 Å². The summed E-state index contributed by atoms with van der Waals surface area (Å²) in [7, 11) is 0. The Balaban J connectivity index is 2.05. The number of ketones is 1. The number of hydrogen-bond donors (Lipinski definition) is 1. The molecule has 0 unspecified atom stereocenters. The van der Waals surface area contributed by atoms with Crippen molar-refractivity contribution in [2.24, 2.45) is 0 Å². The van der Waals surface area contributed by atoms with Crippen LogP contribution in [-0.4, -0.2) is 30.8 Å². The van der Waals surface area contributed by atoms with Crippen molar-refractivity contribution in [3.05, 3.63) is 70.2 Å². The first-order valence-electron chi connectivity index (χ1n) is 8.36. The summed E-state index contributed by atoms with van der Waals surface area (Å²) >= 11 is 5.85. The Kier molecular flexibility index (Phi) is 7.36. The number of rotatable bonds is 8. The zero-order valence-electron chi connectivity index (χ0n) is 14.5. The summed E-state index contributed by atoms with van der Waals surface area (Å²) in [5, 5.41) is 3.18. The van der Waals surface area contributed by atoms with Gasteiger partial charge in [-0.05, 0) is 36.8 Å². The maximum Gasteiger partial charge on any atom is 0.307 e. The minimum absolute atomic E-state index is 0.0824. The highest BCUT2D eigenvalue weighted by Crippen LogP contribution is 2.17. The fourth-order valence-electron chi connectivity index (χ4n) is 2.30. The predicted octanol–water partition coefficient (Wildman–Crippen LogP) is 3.64. The van der Waals surface area contributed by atoms with Gasteiger partial charge in [-0.25, -0.2) is 0 Å². The molecule has 0 spiro atoms. The molecule has 0 bridgehead atoms. The Morgan fingerprint density at radius 3 is 2.31 bits per heavy atom. The number of esters is 1. The summed E-state index contributed by atoms with van der Waals surface area (Å²) in [6, 6.07) is 13.0. The molecule has 136 valence electrons. The molecule has 0 saturated heterocycles. The van der Waals surface area contributed by atoms with Crippen LogP contribution in [0.1, 0.15) is 46.0 Å². The molecule has 1 N–H and O–H groups in total. The summed E-state index contributed by atoms with van der Waals surface area (Å²) in [5.74, 6) is -1.04. The van der Waals surface area contributed by atoms with E-state index in [-0.39, 0.29) is 30.3 Å². The molecule has 0 aliphatic heterocycles. The molecule has 0 saturated carbocycles. The van der Waals surface area contributed by atoms with Crippen molar-refractivity contribution in [2.45, 2.75) is 19.8 Å². The lowest BCUT2D eigenvalue weighted by Crippen LogP contribution is -2.28. The Morgan fingerprint density at radius 2 is 1.65 bits per heavy atom. The summed E-state index contributed by atoms with van der Waals surface area (Å²) in [6.07, 6.45) is 0.831. The third-order valence-corrected chi connectivity index (χ3v) is 3.86. The quantitative estimate of drug-likeness (QED) is 0.566. The number of benzene rings is 2. The second-order valence-corrected chi connectivity index (χ2v) is 6.04. The number of ether oxygens (including phenoxy) is 1. The molecule has 0 aromatic heterocycles. The smallest absolute Gasteiger partial charge is 0.307 e. The van der Waals surface area contributed by atoms with Crippen molar-refractivity contribution in [1.29, 1.82) is 0 Å². The van der Waals surface area contributed by atoms with E-state index in [1.165, 1.54) is 0 Å². The Labute approximate surface area is 157 Å². The number of hydrogen-bond acceptors (Lipinski definition) is 4. The van der Waals surface area contributed by atoms with E-state index >= 15 is 0 Å². The van der Waals surface area contributed by atoms with Crippen LogP contribution in [0.5, 0.6) is 0 Å². The zero-order chi connectivity index (χ0) is 18.9. The minimum atomic E-state index is -0.411. The van der Waals surface area contributed by atoms with Crippen molar-refractivity contribution >= 4 is 29.3 Å². The van der Waals surface area contributed by atoms with Crippen molar-refractivity contribution in [2.75, 3.05) is 13.2 Å². The first-order chi connectivity index (χ1) is 12.5. The standard InChI is InChI=1S/C20H20ClNO4/c1-2-13-26-18(23)11-12-22-20(25)17-6-4-3-5-16(17)19(24)14-7-9-15(21)10-8-14/h3-10H,2,11-13H2,1H3,(H,22,25). The number of carbonyl (C=O) groups excluding carboxylic acids is 3. The predicted molar refractivity (Wildman–Crippen MR) is 99.5 cm³/mol. The Bertz CT molecular complexity index is 787. The topological polar surface area (TPSA) is 72.5 Å². The van der Waals surface area contributed by atoms with Gasteiger partial charge < -0.3 is 10.1 Å². The molecular formula is C20H20ClNO4. The Hall–Kier alpha value is -2.66. The van der Waals surface area contributed by atoms with Crippen molar-refractivity contribution in [3.63, 3.8) is 0 Å². The van der Waals surface area contributed by atoms with Gasteiger partial charge >= 0.3 is 5.97 Å². The van der Waals surface area contributed by atoms with E-state index in [9.17, 15) is 14.4 Å². The van der Waals surface area contributed by atoms with E-state index in [0.717, 1.165) is 6.42 Å². The monoisotopic (exact) mass is 373 g/mol. The van der Waals surface area contributed by atoms with Crippen molar-refractivity contribution < 1.29 is 19.1 Å². The molecule has 0 radical (unpaired) electrons. The lowest BCUT2D eigenvalue weighted by atomic mass is 9.98. The van der Waals surface area contributed by atoms with E-state index in [1.54, 1.807) is 48.5 Å². The summed E-state index contributed by atoms with van der Waals surface area (Å²) in [5.41, 5.74) is 0.994. The van der Waals surface area contributed by atoms with Crippen LogP contribution >= 0.6 is 11.6 Å². The van der Waals surface area contributed by atoms with Gasteiger partial charge in [0.2, 0.25) is 0 Å². The molecule has 0 aliphatic carbocycles. The SMILES string of the molecule is CCCOC(=O)CCNC(=O)c1ccccc1C(=O)c1ccc(Cl)cc1. The molecule has 2 rings (SSSR count).